The van der Waals surface area contributed by atoms with Crippen molar-refractivity contribution in [3.05, 3.63) is 72.3 Å². The zero-order valence-electron chi connectivity index (χ0n) is 15.5. The molecular weight excluding hydrogens is 300 g/mol. The number of rotatable bonds is 9. The molecule has 0 aliphatic heterocycles. The first-order valence-corrected chi connectivity index (χ1v) is 9.95. The first-order chi connectivity index (χ1) is 12.4. The largest absolute Gasteiger partial charge is 0.0654 e. The van der Waals surface area contributed by atoms with Gasteiger partial charge in [-0.1, -0.05) is 106 Å². The molecular formula is C25H30. The average molecular weight is 331 g/mol. The third kappa shape index (κ3) is 4.95. The first-order valence-electron chi connectivity index (χ1n) is 9.95. The smallest absolute Gasteiger partial charge is 0.0146 e. The summed E-state index contributed by atoms with van der Waals surface area (Å²) in [6.07, 6.45) is 10.7. The van der Waals surface area contributed by atoms with Crippen LogP contribution in [0, 0.1) is 0 Å². The van der Waals surface area contributed by atoms with Crippen LogP contribution in [0.15, 0.2) is 66.7 Å². The quantitative estimate of drug-likeness (QED) is 0.351. The fourth-order valence-corrected chi connectivity index (χ4v) is 3.65. The average Bonchev–Trinajstić information content (AvgIpc) is 2.67. The molecule has 0 heterocycles. The second-order valence-electron chi connectivity index (χ2n) is 7.09. The second-order valence-corrected chi connectivity index (χ2v) is 7.09. The van der Waals surface area contributed by atoms with Crippen LogP contribution < -0.4 is 0 Å². The van der Waals surface area contributed by atoms with Crippen molar-refractivity contribution in [1.29, 1.82) is 0 Å². The number of aryl methyl sites for hydroxylation is 1. The van der Waals surface area contributed by atoms with Crippen LogP contribution in [0.1, 0.15) is 57.4 Å². The van der Waals surface area contributed by atoms with Gasteiger partial charge >= 0.3 is 0 Å². The highest BCUT2D eigenvalue weighted by atomic mass is 14.1. The lowest BCUT2D eigenvalue weighted by molar-refractivity contribution is 0.589. The summed E-state index contributed by atoms with van der Waals surface area (Å²) in [5.41, 5.74) is 4.25. The van der Waals surface area contributed by atoms with Gasteiger partial charge in [0.1, 0.15) is 0 Å². The minimum atomic E-state index is 1.18. The van der Waals surface area contributed by atoms with Crippen molar-refractivity contribution in [3.8, 4) is 11.1 Å². The van der Waals surface area contributed by atoms with Crippen molar-refractivity contribution in [2.45, 2.75) is 58.3 Å². The van der Waals surface area contributed by atoms with Gasteiger partial charge in [0, 0.05) is 0 Å². The van der Waals surface area contributed by atoms with E-state index in [9.17, 15) is 0 Å². The summed E-state index contributed by atoms with van der Waals surface area (Å²) in [6.45, 7) is 2.28. The van der Waals surface area contributed by atoms with Crippen LogP contribution in [0.4, 0.5) is 0 Å². The summed E-state index contributed by atoms with van der Waals surface area (Å²) in [5, 5.41) is 2.70. The van der Waals surface area contributed by atoms with Gasteiger partial charge in [-0.3, -0.25) is 0 Å². The van der Waals surface area contributed by atoms with Crippen LogP contribution in [0.5, 0.6) is 0 Å². The molecule has 0 amide bonds. The summed E-state index contributed by atoms with van der Waals surface area (Å²) in [4.78, 5) is 0. The molecule has 0 unspecified atom stereocenters. The van der Waals surface area contributed by atoms with E-state index in [0.717, 1.165) is 0 Å². The van der Waals surface area contributed by atoms with Gasteiger partial charge in [0.15, 0.2) is 0 Å². The molecule has 0 nitrogen and oxygen atoms in total. The van der Waals surface area contributed by atoms with Gasteiger partial charge in [-0.15, -0.1) is 0 Å². The predicted molar refractivity (Wildman–Crippen MR) is 111 cm³/mol. The maximum absolute atomic E-state index is 2.41. The highest BCUT2D eigenvalue weighted by molar-refractivity contribution is 5.89. The van der Waals surface area contributed by atoms with Crippen LogP contribution >= 0.6 is 0 Å². The Hall–Kier alpha value is -2.08. The standard InChI is InChI=1S/C25H30/c1-2-3-4-5-6-7-9-18-24-19-22-16-12-13-17-23(22)20-25(24)21-14-10-8-11-15-21/h8,10-17,19-20H,2-7,9,18H2,1H3. The first kappa shape index (κ1) is 17.7. The highest BCUT2D eigenvalue weighted by Gasteiger charge is 2.07. The summed E-state index contributed by atoms with van der Waals surface area (Å²) in [6, 6.07) is 24.4. The molecule has 0 atom stereocenters. The van der Waals surface area contributed by atoms with Crippen LogP contribution in [-0.2, 0) is 6.42 Å². The second kappa shape index (κ2) is 9.42. The lowest BCUT2D eigenvalue weighted by Gasteiger charge is -2.12. The Kier molecular flexibility index (Phi) is 6.68. The summed E-state index contributed by atoms with van der Waals surface area (Å²) < 4.78 is 0. The van der Waals surface area contributed by atoms with E-state index < -0.39 is 0 Å². The minimum Gasteiger partial charge on any atom is -0.0654 e. The lowest BCUT2D eigenvalue weighted by Crippen LogP contribution is -1.92. The molecule has 0 heteroatoms. The molecule has 0 spiro atoms. The summed E-state index contributed by atoms with van der Waals surface area (Å²) in [7, 11) is 0. The van der Waals surface area contributed by atoms with Crippen molar-refractivity contribution in [2.75, 3.05) is 0 Å². The van der Waals surface area contributed by atoms with E-state index in [1.165, 1.54) is 78.8 Å². The van der Waals surface area contributed by atoms with Gasteiger partial charge in [-0.25, -0.2) is 0 Å². The van der Waals surface area contributed by atoms with E-state index >= 15 is 0 Å². The normalized spacial score (nSPS) is 11.1. The van der Waals surface area contributed by atoms with Crippen molar-refractivity contribution in [3.63, 3.8) is 0 Å². The maximum Gasteiger partial charge on any atom is -0.0146 e. The third-order valence-corrected chi connectivity index (χ3v) is 5.11. The van der Waals surface area contributed by atoms with Crippen molar-refractivity contribution >= 4 is 10.8 Å². The molecule has 0 N–H and O–H groups in total. The molecule has 0 aliphatic rings. The van der Waals surface area contributed by atoms with Crippen molar-refractivity contribution in [1.82, 2.24) is 0 Å². The Labute approximate surface area is 152 Å². The third-order valence-electron chi connectivity index (χ3n) is 5.11. The number of fused-ring (bicyclic) bond motifs is 1. The number of hydrogen-bond acceptors (Lipinski definition) is 0. The zero-order chi connectivity index (χ0) is 17.3. The molecule has 0 aromatic heterocycles. The molecule has 0 radical (unpaired) electrons. The number of unbranched alkanes of at least 4 members (excludes halogenated alkanes) is 6. The van der Waals surface area contributed by atoms with Crippen molar-refractivity contribution in [2.24, 2.45) is 0 Å². The van der Waals surface area contributed by atoms with Gasteiger partial charge in [0.25, 0.3) is 0 Å². The van der Waals surface area contributed by atoms with E-state index in [1.807, 2.05) is 0 Å². The zero-order valence-corrected chi connectivity index (χ0v) is 15.5. The lowest BCUT2D eigenvalue weighted by atomic mass is 9.92. The van der Waals surface area contributed by atoms with Crippen LogP contribution in [0.3, 0.4) is 0 Å². The monoisotopic (exact) mass is 330 g/mol. The van der Waals surface area contributed by atoms with E-state index in [-0.39, 0.29) is 0 Å². The Morgan fingerprint density at radius 2 is 1.20 bits per heavy atom. The Morgan fingerprint density at radius 3 is 1.92 bits per heavy atom. The molecule has 3 rings (SSSR count). The minimum absolute atomic E-state index is 1.18. The van der Waals surface area contributed by atoms with Gasteiger partial charge < -0.3 is 0 Å². The van der Waals surface area contributed by atoms with Crippen molar-refractivity contribution < 1.29 is 0 Å². The van der Waals surface area contributed by atoms with E-state index in [4.69, 9.17) is 0 Å². The van der Waals surface area contributed by atoms with Crippen LogP contribution in [-0.4, -0.2) is 0 Å². The molecule has 0 saturated heterocycles. The fourth-order valence-electron chi connectivity index (χ4n) is 3.65. The Bertz CT molecular complexity index is 770. The predicted octanol–water partition coefficient (Wildman–Crippen LogP) is 7.80. The molecule has 25 heavy (non-hydrogen) atoms. The van der Waals surface area contributed by atoms with Gasteiger partial charge in [-0.05, 0) is 46.4 Å². The van der Waals surface area contributed by atoms with Gasteiger partial charge in [0.2, 0.25) is 0 Å². The topological polar surface area (TPSA) is 0 Å². The number of benzene rings is 3. The summed E-state index contributed by atoms with van der Waals surface area (Å²) in [5.74, 6) is 0. The molecule has 3 aromatic carbocycles. The van der Waals surface area contributed by atoms with Gasteiger partial charge in [-0.2, -0.15) is 0 Å². The SMILES string of the molecule is CCCCCCCCCc1cc2ccccc2cc1-c1ccccc1. The number of hydrogen-bond donors (Lipinski definition) is 0. The Morgan fingerprint density at radius 1 is 0.600 bits per heavy atom. The van der Waals surface area contributed by atoms with E-state index in [0.29, 0.717) is 0 Å². The molecule has 0 bridgehead atoms. The van der Waals surface area contributed by atoms with E-state index in [2.05, 4.69) is 73.7 Å². The maximum atomic E-state index is 2.41. The fraction of sp³-hybridized carbons (Fsp3) is 0.360. The summed E-state index contributed by atoms with van der Waals surface area (Å²) >= 11 is 0. The highest BCUT2D eigenvalue weighted by Crippen LogP contribution is 2.30. The molecule has 0 fully saturated rings. The molecule has 0 aliphatic carbocycles. The van der Waals surface area contributed by atoms with Crippen LogP contribution in [0.2, 0.25) is 0 Å². The van der Waals surface area contributed by atoms with Crippen LogP contribution in [0.25, 0.3) is 21.9 Å². The molecule has 3 aromatic rings. The van der Waals surface area contributed by atoms with E-state index in [1.54, 1.807) is 0 Å². The van der Waals surface area contributed by atoms with Gasteiger partial charge in [0.05, 0.1) is 0 Å². The molecule has 130 valence electrons. The molecule has 0 saturated carbocycles. The Balaban J connectivity index is 1.73.